The van der Waals surface area contributed by atoms with Crippen molar-refractivity contribution in [1.82, 2.24) is 5.32 Å². The summed E-state index contributed by atoms with van der Waals surface area (Å²) in [7, 11) is 0. The molecule has 16 heavy (non-hydrogen) atoms. The highest BCUT2D eigenvalue weighted by atomic mass is 19.1. The van der Waals surface area contributed by atoms with Crippen LogP contribution in [0.3, 0.4) is 0 Å². The Morgan fingerprint density at radius 1 is 1.38 bits per heavy atom. The molecule has 0 radical (unpaired) electrons. The SMILES string of the molecule is CC(NCCO)C(O)c1cc(F)ccc1F. The first-order valence-electron chi connectivity index (χ1n) is 5.03. The van der Waals surface area contributed by atoms with Crippen molar-refractivity contribution in [3.8, 4) is 0 Å². The van der Waals surface area contributed by atoms with Gasteiger partial charge < -0.3 is 15.5 Å². The first kappa shape index (κ1) is 13.0. The highest BCUT2D eigenvalue weighted by Crippen LogP contribution is 2.21. The summed E-state index contributed by atoms with van der Waals surface area (Å²) in [6.07, 6.45) is -1.15. The van der Waals surface area contributed by atoms with Crippen molar-refractivity contribution in [3.05, 3.63) is 35.4 Å². The molecule has 3 nitrogen and oxygen atoms in total. The number of benzene rings is 1. The second kappa shape index (κ2) is 5.89. The molecule has 0 aliphatic rings. The Hall–Kier alpha value is -1.04. The summed E-state index contributed by atoms with van der Waals surface area (Å²) in [4.78, 5) is 0. The first-order chi connectivity index (χ1) is 7.56. The molecule has 0 heterocycles. The zero-order valence-electron chi connectivity index (χ0n) is 8.95. The van der Waals surface area contributed by atoms with Crippen LogP contribution in [0.2, 0.25) is 0 Å². The van der Waals surface area contributed by atoms with Crippen LogP contribution < -0.4 is 5.32 Å². The molecule has 2 atom stereocenters. The summed E-state index contributed by atoms with van der Waals surface area (Å²) in [5.41, 5.74) is -0.0852. The highest BCUT2D eigenvalue weighted by Gasteiger charge is 2.19. The lowest BCUT2D eigenvalue weighted by Crippen LogP contribution is -2.34. The minimum Gasteiger partial charge on any atom is -0.395 e. The van der Waals surface area contributed by atoms with E-state index in [0.717, 1.165) is 18.2 Å². The molecule has 3 N–H and O–H groups in total. The van der Waals surface area contributed by atoms with Crippen molar-refractivity contribution in [2.24, 2.45) is 0 Å². The fourth-order valence-corrected chi connectivity index (χ4v) is 1.41. The zero-order valence-corrected chi connectivity index (χ0v) is 8.95. The molecule has 0 aliphatic carbocycles. The maximum absolute atomic E-state index is 13.3. The maximum Gasteiger partial charge on any atom is 0.129 e. The van der Waals surface area contributed by atoms with Gasteiger partial charge in [-0.15, -0.1) is 0 Å². The normalized spacial score (nSPS) is 14.8. The third-order valence-electron chi connectivity index (χ3n) is 2.33. The number of rotatable bonds is 5. The van der Waals surface area contributed by atoms with Gasteiger partial charge in [0.2, 0.25) is 0 Å². The molecule has 0 saturated heterocycles. The third kappa shape index (κ3) is 3.23. The first-order valence-corrected chi connectivity index (χ1v) is 5.03. The standard InChI is InChI=1S/C11H15F2NO2/c1-7(14-4-5-15)11(16)9-6-8(12)2-3-10(9)13/h2-3,6-7,11,14-16H,4-5H2,1H3. The Morgan fingerprint density at radius 3 is 2.69 bits per heavy atom. The van der Waals surface area contributed by atoms with Crippen LogP contribution in [0.25, 0.3) is 0 Å². The number of hydrogen-bond donors (Lipinski definition) is 3. The molecule has 1 rings (SSSR count). The molecule has 0 amide bonds. The summed E-state index contributed by atoms with van der Waals surface area (Å²) in [5, 5.41) is 21.1. The molecular formula is C11H15F2NO2. The summed E-state index contributed by atoms with van der Waals surface area (Å²) < 4.78 is 26.2. The van der Waals surface area contributed by atoms with Gasteiger partial charge in [0.1, 0.15) is 11.6 Å². The minimum absolute atomic E-state index is 0.0807. The average Bonchev–Trinajstić information content (AvgIpc) is 2.28. The van der Waals surface area contributed by atoms with Gasteiger partial charge in [-0.25, -0.2) is 8.78 Å². The Kier molecular flexibility index (Phi) is 4.79. The number of aliphatic hydroxyl groups is 2. The molecule has 2 unspecified atom stereocenters. The van der Waals surface area contributed by atoms with E-state index >= 15 is 0 Å². The Morgan fingerprint density at radius 2 is 2.06 bits per heavy atom. The van der Waals surface area contributed by atoms with Crippen molar-refractivity contribution >= 4 is 0 Å². The molecule has 5 heteroatoms. The number of aliphatic hydroxyl groups excluding tert-OH is 2. The average molecular weight is 231 g/mol. The van der Waals surface area contributed by atoms with Crippen LogP contribution >= 0.6 is 0 Å². The molecule has 0 aliphatic heterocycles. The molecule has 0 aromatic heterocycles. The highest BCUT2D eigenvalue weighted by molar-refractivity contribution is 5.22. The van der Waals surface area contributed by atoms with E-state index in [1.54, 1.807) is 6.92 Å². The third-order valence-corrected chi connectivity index (χ3v) is 2.33. The lowest BCUT2D eigenvalue weighted by atomic mass is 10.0. The van der Waals surface area contributed by atoms with Gasteiger partial charge in [-0.2, -0.15) is 0 Å². The monoisotopic (exact) mass is 231 g/mol. The topological polar surface area (TPSA) is 52.5 Å². The van der Waals surface area contributed by atoms with Gasteiger partial charge in [-0.3, -0.25) is 0 Å². The van der Waals surface area contributed by atoms with Gasteiger partial charge in [-0.05, 0) is 25.1 Å². The number of halogens is 2. The summed E-state index contributed by atoms with van der Waals surface area (Å²) in [6.45, 7) is 1.84. The molecule has 0 saturated carbocycles. The van der Waals surface area contributed by atoms with Crippen molar-refractivity contribution in [1.29, 1.82) is 0 Å². The van der Waals surface area contributed by atoms with Crippen molar-refractivity contribution in [2.45, 2.75) is 19.1 Å². The van der Waals surface area contributed by atoms with E-state index in [1.165, 1.54) is 0 Å². The van der Waals surface area contributed by atoms with Crippen LogP contribution in [0.4, 0.5) is 8.78 Å². The largest absolute Gasteiger partial charge is 0.395 e. The zero-order chi connectivity index (χ0) is 12.1. The van der Waals surface area contributed by atoms with E-state index in [9.17, 15) is 13.9 Å². The quantitative estimate of drug-likeness (QED) is 0.707. The minimum atomic E-state index is -1.15. The summed E-state index contributed by atoms with van der Waals surface area (Å²) >= 11 is 0. The van der Waals surface area contributed by atoms with E-state index < -0.39 is 23.8 Å². The van der Waals surface area contributed by atoms with Crippen LogP contribution in [-0.4, -0.2) is 29.4 Å². The molecule has 1 aromatic carbocycles. The fraction of sp³-hybridized carbons (Fsp3) is 0.455. The van der Waals surface area contributed by atoms with Gasteiger partial charge in [0, 0.05) is 18.2 Å². The van der Waals surface area contributed by atoms with Crippen LogP contribution in [0.5, 0.6) is 0 Å². The number of hydrogen-bond acceptors (Lipinski definition) is 3. The predicted octanol–water partition coefficient (Wildman–Crippen LogP) is 0.969. The lowest BCUT2D eigenvalue weighted by molar-refractivity contribution is 0.128. The van der Waals surface area contributed by atoms with E-state index in [4.69, 9.17) is 5.11 Å². The van der Waals surface area contributed by atoms with Gasteiger partial charge in [0.15, 0.2) is 0 Å². The molecular weight excluding hydrogens is 216 g/mol. The van der Waals surface area contributed by atoms with Crippen molar-refractivity contribution in [2.75, 3.05) is 13.2 Å². The number of nitrogens with one attached hydrogen (secondary N) is 1. The van der Waals surface area contributed by atoms with Crippen LogP contribution in [0, 0.1) is 11.6 Å². The van der Waals surface area contributed by atoms with Crippen LogP contribution in [0.1, 0.15) is 18.6 Å². The molecule has 0 fully saturated rings. The second-order valence-corrected chi connectivity index (χ2v) is 3.58. The Labute approximate surface area is 92.7 Å². The molecule has 0 spiro atoms. The Bertz CT molecular complexity index is 347. The van der Waals surface area contributed by atoms with Gasteiger partial charge in [-0.1, -0.05) is 0 Å². The van der Waals surface area contributed by atoms with E-state index in [1.807, 2.05) is 0 Å². The lowest BCUT2D eigenvalue weighted by Gasteiger charge is -2.20. The van der Waals surface area contributed by atoms with Gasteiger partial charge in [0.05, 0.1) is 12.7 Å². The van der Waals surface area contributed by atoms with E-state index in [0.29, 0.717) is 0 Å². The Balaban J connectivity index is 2.78. The fourth-order valence-electron chi connectivity index (χ4n) is 1.41. The van der Waals surface area contributed by atoms with Crippen LogP contribution in [0.15, 0.2) is 18.2 Å². The van der Waals surface area contributed by atoms with Crippen molar-refractivity contribution < 1.29 is 19.0 Å². The van der Waals surface area contributed by atoms with Gasteiger partial charge in [0.25, 0.3) is 0 Å². The maximum atomic E-state index is 13.3. The van der Waals surface area contributed by atoms with E-state index in [2.05, 4.69) is 5.32 Å². The summed E-state index contributed by atoms with van der Waals surface area (Å²) in [5.74, 6) is -1.24. The smallest absolute Gasteiger partial charge is 0.129 e. The van der Waals surface area contributed by atoms with Gasteiger partial charge >= 0.3 is 0 Å². The molecule has 1 aromatic rings. The van der Waals surface area contributed by atoms with Crippen LogP contribution in [-0.2, 0) is 0 Å². The molecule has 90 valence electrons. The second-order valence-electron chi connectivity index (χ2n) is 3.58. The molecule has 0 bridgehead atoms. The van der Waals surface area contributed by atoms with Crippen molar-refractivity contribution in [3.63, 3.8) is 0 Å². The predicted molar refractivity (Wildman–Crippen MR) is 55.9 cm³/mol. The summed E-state index contributed by atoms with van der Waals surface area (Å²) in [6, 6.07) is 2.48. The van der Waals surface area contributed by atoms with E-state index in [-0.39, 0.29) is 18.7 Å².